The predicted octanol–water partition coefficient (Wildman–Crippen LogP) is 12.6. The van der Waals surface area contributed by atoms with Crippen molar-refractivity contribution in [2.24, 2.45) is 47.3 Å². The molecule has 0 N–H and O–H groups in total. The molecule has 8 atom stereocenters. The summed E-state index contributed by atoms with van der Waals surface area (Å²) in [6, 6.07) is 26.2. The second-order valence-electron chi connectivity index (χ2n) is 18.0. The van der Waals surface area contributed by atoms with Crippen molar-refractivity contribution in [1.29, 1.82) is 0 Å². The first-order chi connectivity index (χ1) is 25.7. The van der Waals surface area contributed by atoms with Crippen molar-refractivity contribution in [2.45, 2.75) is 114 Å². The number of benzene rings is 4. The Kier molecular flexibility index (Phi) is 8.97. The molecule has 2 heterocycles. The van der Waals surface area contributed by atoms with E-state index in [9.17, 15) is 0 Å². The van der Waals surface area contributed by atoms with Gasteiger partial charge in [-0.15, -0.1) is 24.3 Å². The molecule has 53 heavy (non-hydrogen) atoms. The van der Waals surface area contributed by atoms with E-state index < -0.39 is 0 Å². The molecule has 2 aliphatic heterocycles. The van der Waals surface area contributed by atoms with Crippen molar-refractivity contribution in [1.82, 2.24) is 0 Å². The SMILES string of the molecule is [C-]1=CC2(Oc3c1ccc1ccccc31)C1CCCCC1C1CCCCC12.[C-]1=CC2(Oc3c1ccc1ccccc31)C1CCCCC1C1CCCCC12.[W+2]. The van der Waals surface area contributed by atoms with Gasteiger partial charge in [-0.25, -0.2) is 0 Å². The minimum absolute atomic E-state index is 0. The first-order valence-electron chi connectivity index (χ1n) is 21.4. The minimum Gasteiger partial charge on any atom is -0.542 e. The summed E-state index contributed by atoms with van der Waals surface area (Å²) in [5.74, 6) is 8.50. The van der Waals surface area contributed by atoms with E-state index in [1.165, 1.54) is 124 Å². The van der Waals surface area contributed by atoms with Crippen LogP contribution in [0.2, 0.25) is 0 Å². The van der Waals surface area contributed by atoms with Crippen LogP contribution in [0.1, 0.15) is 114 Å². The zero-order valence-corrected chi connectivity index (χ0v) is 34.2. The summed E-state index contributed by atoms with van der Waals surface area (Å²) < 4.78 is 14.2. The third-order valence-corrected chi connectivity index (χ3v) is 15.9. The van der Waals surface area contributed by atoms with Gasteiger partial charge < -0.3 is 9.47 Å². The van der Waals surface area contributed by atoms with Gasteiger partial charge in [-0.2, -0.15) is 35.4 Å². The number of hydrogen-bond donors (Lipinski definition) is 0. The predicted molar refractivity (Wildman–Crippen MR) is 210 cm³/mol. The molecule has 0 saturated heterocycles. The van der Waals surface area contributed by atoms with Crippen LogP contribution < -0.4 is 9.47 Å². The molecule has 0 aromatic heterocycles. The monoisotopic (exact) mass is 870 g/mol. The fourth-order valence-corrected chi connectivity index (χ4v) is 13.9. The molecule has 6 saturated carbocycles. The number of rotatable bonds is 0. The maximum absolute atomic E-state index is 7.11. The van der Waals surface area contributed by atoms with Crippen LogP contribution in [-0.4, -0.2) is 11.2 Å². The quantitative estimate of drug-likeness (QED) is 0.164. The van der Waals surface area contributed by atoms with Crippen molar-refractivity contribution >= 4 is 21.5 Å². The summed E-state index contributed by atoms with van der Waals surface area (Å²) in [4.78, 5) is 0. The van der Waals surface area contributed by atoms with Gasteiger partial charge in [-0.3, -0.25) is 0 Å². The zero-order valence-electron chi connectivity index (χ0n) is 31.2. The number of fused-ring (bicyclic) bond motifs is 16. The standard InChI is InChI=1S/2C25H27O.W/c2*1-2-8-19-17(7-1)13-14-18-15-16-25(26-24(18)19)22-11-5-3-9-20(22)21-10-4-6-12-23(21)25;/h2*1-2,7-8,13-14,16,20-23H,3-6,9-12H2;/q2*-1;+2. The van der Waals surface area contributed by atoms with E-state index in [1.807, 2.05) is 0 Å². The van der Waals surface area contributed by atoms with Gasteiger partial charge in [0.2, 0.25) is 0 Å². The first kappa shape index (κ1) is 34.6. The Balaban J connectivity index is 0.000000129. The summed E-state index contributed by atoms with van der Waals surface area (Å²) >= 11 is 0. The Labute approximate surface area is 331 Å². The summed E-state index contributed by atoms with van der Waals surface area (Å²) in [6.07, 6.45) is 34.4. The third kappa shape index (κ3) is 5.34. The first-order valence-corrected chi connectivity index (χ1v) is 21.4. The number of ether oxygens (including phenoxy) is 2. The molecular formula is C50H54O2W. The molecule has 2 nitrogen and oxygen atoms in total. The molecule has 6 fully saturated rings. The molecule has 0 radical (unpaired) electrons. The third-order valence-electron chi connectivity index (χ3n) is 15.9. The van der Waals surface area contributed by atoms with Crippen molar-refractivity contribution in [3.63, 3.8) is 0 Å². The van der Waals surface area contributed by atoms with Crippen LogP contribution in [0.4, 0.5) is 0 Å². The Morgan fingerprint density at radius 3 is 1.13 bits per heavy atom. The van der Waals surface area contributed by atoms with Gasteiger partial charge in [0.1, 0.15) is 11.2 Å². The van der Waals surface area contributed by atoms with Gasteiger partial charge in [-0.1, -0.05) is 99.9 Å². The number of hydrogen-bond acceptors (Lipinski definition) is 2. The fourth-order valence-electron chi connectivity index (χ4n) is 13.9. The Bertz CT molecular complexity index is 1870. The van der Waals surface area contributed by atoms with Crippen LogP contribution in [0.3, 0.4) is 0 Å². The molecule has 4 aromatic rings. The van der Waals surface area contributed by atoms with Crippen molar-refractivity contribution in [3.8, 4) is 11.5 Å². The average molecular weight is 871 g/mol. The van der Waals surface area contributed by atoms with E-state index in [2.05, 4.69) is 97.1 Å². The van der Waals surface area contributed by atoms with Crippen molar-refractivity contribution in [3.05, 3.63) is 108 Å². The average Bonchev–Trinajstić information content (AvgIpc) is 3.64. The van der Waals surface area contributed by atoms with Gasteiger partial charge >= 0.3 is 21.1 Å². The van der Waals surface area contributed by atoms with Crippen LogP contribution in [0.25, 0.3) is 21.5 Å². The van der Waals surface area contributed by atoms with Crippen molar-refractivity contribution in [2.75, 3.05) is 0 Å². The molecule has 272 valence electrons. The molecule has 0 bridgehead atoms. The molecule has 4 aromatic carbocycles. The van der Waals surface area contributed by atoms with E-state index >= 15 is 0 Å². The van der Waals surface area contributed by atoms with Crippen LogP contribution in [-0.2, 0) is 21.1 Å². The largest absolute Gasteiger partial charge is 2.00 e. The van der Waals surface area contributed by atoms with Crippen LogP contribution in [0.5, 0.6) is 11.5 Å². The topological polar surface area (TPSA) is 18.5 Å². The van der Waals surface area contributed by atoms with Gasteiger partial charge in [0.25, 0.3) is 0 Å². The maximum Gasteiger partial charge on any atom is 2.00 e. The summed E-state index contributed by atoms with van der Waals surface area (Å²) in [6.45, 7) is 0. The molecule has 8 aliphatic rings. The van der Waals surface area contributed by atoms with Gasteiger partial charge in [0.05, 0.1) is 0 Å². The summed E-state index contributed by atoms with van der Waals surface area (Å²) in [5.41, 5.74) is 2.10. The molecule has 0 amide bonds. The fraction of sp³-hybridized carbons (Fsp3) is 0.520. The second kappa shape index (κ2) is 13.7. The van der Waals surface area contributed by atoms with Crippen LogP contribution in [0, 0.1) is 59.5 Å². The van der Waals surface area contributed by atoms with E-state index in [1.54, 1.807) is 0 Å². The van der Waals surface area contributed by atoms with Gasteiger partial charge in [-0.05, 0) is 96.6 Å². The van der Waals surface area contributed by atoms with E-state index in [0.29, 0.717) is 23.7 Å². The van der Waals surface area contributed by atoms with Crippen LogP contribution in [0.15, 0.2) is 84.9 Å². The maximum atomic E-state index is 7.11. The summed E-state index contributed by atoms with van der Waals surface area (Å²) in [5, 5.41) is 5.08. The van der Waals surface area contributed by atoms with E-state index in [0.717, 1.165) is 46.3 Å². The zero-order chi connectivity index (χ0) is 34.3. The van der Waals surface area contributed by atoms with Crippen LogP contribution >= 0.6 is 0 Å². The smallest absolute Gasteiger partial charge is 0.542 e. The molecular weight excluding hydrogens is 816 g/mol. The molecule has 6 aliphatic carbocycles. The Hall–Kier alpha value is -2.83. The molecule has 12 rings (SSSR count). The second-order valence-corrected chi connectivity index (χ2v) is 18.0. The van der Waals surface area contributed by atoms with E-state index in [4.69, 9.17) is 9.47 Å². The van der Waals surface area contributed by atoms with E-state index in [-0.39, 0.29) is 32.3 Å². The van der Waals surface area contributed by atoms with Crippen molar-refractivity contribution < 1.29 is 30.5 Å². The Morgan fingerprint density at radius 1 is 0.415 bits per heavy atom. The van der Waals surface area contributed by atoms with Gasteiger partial charge in [0.15, 0.2) is 0 Å². The Morgan fingerprint density at radius 2 is 0.755 bits per heavy atom. The molecule has 8 unspecified atom stereocenters. The minimum atomic E-state index is -0.0900. The molecule has 2 spiro atoms. The normalized spacial score (nSPS) is 37.1. The molecule has 3 heteroatoms. The summed E-state index contributed by atoms with van der Waals surface area (Å²) in [7, 11) is 0. The van der Waals surface area contributed by atoms with Gasteiger partial charge in [0, 0.05) is 35.2 Å².